The number of unbranched alkanes of at least 4 members (excludes halogenated alkanes) is 3. The van der Waals surface area contributed by atoms with Crippen LogP contribution < -0.4 is 0 Å². The predicted molar refractivity (Wildman–Crippen MR) is 91.5 cm³/mol. The van der Waals surface area contributed by atoms with Crippen LogP contribution in [0.5, 0.6) is 0 Å². The lowest BCUT2D eigenvalue weighted by atomic mass is 10.2. The average Bonchev–Trinajstić information content (AvgIpc) is 2.50. The number of hydrogen-bond donors (Lipinski definition) is 1. The number of carbonyl (C=O) groups is 1. The molecule has 0 aromatic rings. The fourth-order valence-corrected chi connectivity index (χ4v) is 2.04. The van der Waals surface area contributed by atoms with Crippen LogP contribution in [0.3, 0.4) is 0 Å². The fourth-order valence-electron chi connectivity index (χ4n) is 2.04. The molecule has 1 atom stereocenters. The maximum absolute atomic E-state index is 11.8. The number of ether oxygens (including phenoxy) is 1. The standard InChI is InChI=1S/C18H30N2O3/c1-4-6-7-8-13-23-18(22)17(14-19)10-9-12-20(11-5-2)15-16(3)21/h9-10,12,16,21H,4-8,11,13,15H2,1-3H3/b12-9+,17-10+. The van der Waals surface area contributed by atoms with Gasteiger partial charge in [0.25, 0.3) is 0 Å². The van der Waals surface area contributed by atoms with Gasteiger partial charge in [-0.3, -0.25) is 0 Å². The number of allylic oxidation sites excluding steroid dienone is 2. The zero-order valence-corrected chi connectivity index (χ0v) is 14.6. The largest absolute Gasteiger partial charge is 0.462 e. The van der Waals surface area contributed by atoms with Crippen molar-refractivity contribution in [3.8, 4) is 6.07 Å². The maximum Gasteiger partial charge on any atom is 0.348 e. The summed E-state index contributed by atoms with van der Waals surface area (Å²) >= 11 is 0. The highest BCUT2D eigenvalue weighted by molar-refractivity contribution is 5.93. The fraction of sp³-hybridized carbons (Fsp3) is 0.667. The molecule has 0 aromatic heterocycles. The maximum atomic E-state index is 11.8. The third-order valence-corrected chi connectivity index (χ3v) is 3.14. The SMILES string of the molecule is CCCCCCOC(=O)/C(C#N)=C/C=C/N(CCC)CC(C)O. The Labute approximate surface area is 140 Å². The van der Waals surface area contributed by atoms with E-state index in [0.29, 0.717) is 13.2 Å². The van der Waals surface area contributed by atoms with Crippen LogP contribution in [-0.4, -0.2) is 41.8 Å². The van der Waals surface area contributed by atoms with Crippen molar-refractivity contribution in [2.24, 2.45) is 0 Å². The van der Waals surface area contributed by atoms with Gasteiger partial charge in [0, 0.05) is 13.1 Å². The van der Waals surface area contributed by atoms with Crippen molar-refractivity contribution in [3.63, 3.8) is 0 Å². The van der Waals surface area contributed by atoms with Crippen LogP contribution in [0.2, 0.25) is 0 Å². The van der Waals surface area contributed by atoms with Gasteiger partial charge in [-0.2, -0.15) is 5.26 Å². The van der Waals surface area contributed by atoms with E-state index >= 15 is 0 Å². The Hall–Kier alpha value is -1.80. The first-order valence-corrected chi connectivity index (χ1v) is 8.42. The van der Waals surface area contributed by atoms with Crippen LogP contribution >= 0.6 is 0 Å². The van der Waals surface area contributed by atoms with Gasteiger partial charge in [-0.05, 0) is 38.1 Å². The molecule has 5 heteroatoms. The highest BCUT2D eigenvalue weighted by Crippen LogP contribution is 2.03. The molecule has 0 spiro atoms. The van der Waals surface area contributed by atoms with Gasteiger partial charge in [-0.1, -0.05) is 33.1 Å². The molecular formula is C18H30N2O3. The zero-order chi connectivity index (χ0) is 17.5. The molecule has 0 aliphatic carbocycles. The van der Waals surface area contributed by atoms with E-state index in [0.717, 1.165) is 38.6 Å². The minimum atomic E-state index is -0.578. The summed E-state index contributed by atoms with van der Waals surface area (Å²) in [6.07, 6.45) is 9.51. The molecule has 0 aliphatic rings. The van der Waals surface area contributed by atoms with Crippen LogP contribution in [0.25, 0.3) is 0 Å². The Morgan fingerprint density at radius 1 is 1.30 bits per heavy atom. The van der Waals surface area contributed by atoms with Gasteiger partial charge in [0.15, 0.2) is 0 Å². The van der Waals surface area contributed by atoms with Crippen LogP contribution in [-0.2, 0) is 9.53 Å². The van der Waals surface area contributed by atoms with E-state index < -0.39 is 12.1 Å². The van der Waals surface area contributed by atoms with Crippen molar-refractivity contribution in [2.75, 3.05) is 19.7 Å². The first kappa shape index (κ1) is 21.2. The van der Waals surface area contributed by atoms with Crippen molar-refractivity contribution in [1.82, 2.24) is 4.90 Å². The molecular weight excluding hydrogens is 292 g/mol. The number of carbonyl (C=O) groups excluding carboxylic acids is 1. The normalized spacial score (nSPS) is 12.9. The molecule has 0 rings (SSSR count). The van der Waals surface area contributed by atoms with E-state index in [1.165, 1.54) is 6.08 Å². The molecule has 0 bridgehead atoms. The highest BCUT2D eigenvalue weighted by atomic mass is 16.5. The zero-order valence-electron chi connectivity index (χ0n) is 14.6. The molecule has 0 saturated carbocycles. The summed E-state index contributed by atoms with van der Waals surface area (Å²) < 4.78 is 5.09. The molecule has 5 nitrogen and oxygen atoms in total. The van der Waals surface area contributed by atoms with E-state index in [-0.39, 0.29) is 5.57 Å². The van der Waals surface area contributed by atoms with Crippen LogP contribution in [0.1, 0.15) is 52.9 Å². The van der Waals surface area contributed by atoms with E-state index in [4.69, 9.17) is 10.00 Å². The Morgan fingerprint density at radius 2 is 2.04 bits per heavy atom. The third kappa shape index (κ3) is 11.4. The number of nitriles is 1. The molecule has 1 unspecified atom stereocenters. The molecule has 0 aliphatic heterocycles. The van der Waals surface area contributed by atoms with Gasteiger partial charge in [-0.25, -0.2) is 4.79 Å². The smallest absolute Gasteiger partial charge is 0.348 e. The van der Waals surface area contributed by atoms with Crippen molar-refractivity contribution >= 4 is 5.97 Å². The lowest BCUT2D eigenvalue weighted by Crippen LogP contribution is -2.26. The van der Waals surface area contributed by atoms with Gasteiger partial charge in [0.2, 0.25) is 0 Å². The summed E-state index contributed by atoms with van der Waals surface area (Å²) in [5.41, 5.74) is -0.00904. The molecule has 0 amide bonds. The minimum Gasteiger partial charge on any atom is -0.462 e. The van der Waals surface area contributed by atoms with E-state index in [1.54, 1.807) is 19.2 Å². The number of nitrogens with zero attached hydrogens (tertiary/aromatic N) is 2. The second-order valence-electron chi connectivity index (χ2n) is 5.57. The first-order chi connectivity index (χ1) is 11.0. The number of hydrogen-bond acceptors (Lipinski definition) is 5. The third-order valence-electron chi connectivity index (χ3n) is 3.14. The van der Waals surface area contributed by atoms with Crippen LogP contribution in [0.15, 0.2) is 23.9 Å². The quantitative estimate of drug-likeness (QED) is 0.196. The van der Waals surface area contributed by atoms with Gasteiger partial charge in [-0.15, -0.1) is 0 Å². The number of esters is 1. The molecule has 130 valence electrons. The van der Waals surface area contributed by atoms with Gasteiger partial charge < -0.3 is 14.7 Å². The molecule has 0 saturated heterocycles. The second kappa shape index (κ2) is 13.8. The summed E-state index contributed by atoms with van der Waals surface area (Å²) in [7, 11) is 0. The highest BCUT2D eigenvalue weighted by Gasteiger charge is 2.09. The van der Waals surface area contributed by atoms with Crippen molar-refractivity contribution in [2.45, 2.75) is 59.0 Å². The summed E-state index contributed by atoms with van der Waals surface area (Å²) in [6, 6.07) is 1.87. The molecule has 0 aromatic carbocycles. The summed E-state index contributed by atoms with van der Waals surface area (Å²) in [5.74, 6) is -0.578. The lowest BCUT2D eigenvalue weighted by Gasteiger charge is -2.20. The monoisotopic (exact) mass is 322 g/mol. The summed E-state index contributed by atoms with van der Waals surface area (Å²) in [6.45, 7) is 7.57. The number of aliphatic hydroxyl groups is 1. The predicted octanol–water partition coefficient (Wildman–Crippen LogP) is 3.17. The first-order valence-electron chi connectivity index (χ1n) is 8.42. The second-order valence-corrected chi connectivity index (χ2v) is 5.57. The lowest BCUT2D eigenvalue weighted by molar-refractivity contribution is -0.138. The minimum absolute atomic E-state index is 0.00904. The summed E-state index contributed by atoms with van der Waals surface area (Å²) in [5, 5.41) is 18.5. The van der Waals surface area contributed by atoms with Crippen molar-refractivity contribution in [1.29, 1.82) is 5.26 Å². The topological polar surface area (TPSA) is 73.6 Å². The Morgan fingerprint density at radius 3 is 2.61 bits per heavy atom. The molecule has 0 heterocycles. The van der Waals surface area contributed by atoms with Crippen molar-refractivity contribution < 1.29 is 14.6 Å². The molecule has 0 fully saturated rings. The van der Waals surface area contributed by atoms with E-state index in [1.807, 2.05) is 11.0 Å². The summed E-state index contributed by atoms with van der Waals surface area (Å²) in [4.78, 5) is 13.7. The average molecular weight is 322 g/mol. The Bertz CT molecular complexity index is 422. The Kier molecular flexibility index (Phi) is 12.8. The molecule has 1 N–H and O–H groups in total. The number of rotatable bonds is 12. The van der Waals surface area contributed by atoms with Gasteiger partial charge >= 0.3 is 5.97 Å². The Balaban J connectivity index is 4.45. The van der Waals surface area contributed by atoms with E-state index in [2.05, 4.69) is 13.8 Å². The number of aliphatic hydroxyl groups excluding tert-OH is 1. The molecule has 0 radical (unpaired) electrons. The van der Waals surface area contributed by atoms with Crippen LogP contribution in [0.4, 0.5) is 0 Å². The van der Waals surface area contributed by atoms with Gasteiger partial charge in [0.1, 0.15) is 11.6 Å². The van der Waals surface area contributed by atoms with Crippen LogP contribution in [0, 0.1) is 11.3 Å². The molecule has 23 heavy (non-hydrogen) atoms. The van der Waals surface area contributed by atoms with Crippen molar-refractivity contribution in [3.05, 3.63) is 23.9 Å². The van der Waals surface area contributed by atoms with Gasteiger partial charge in [0.05, 0.1) is 12.7 Å². The van der Waals surface area contributed by atoms with E-state index in [9.17, 15) is 9.90 Å².